The number of nitrogens with zero attached hydrogens (tertiary/aromatic N) is 3. The number of pyridine rings is 1. The van der Waals surface area contributed by atoms with Gasteiger partial charge in [-0.15, -0.1) is 0 Å². The summed E-state index contributed by atoms with van der Waals surface area (Å²) >= 11 is 6.21. The molecular weight excluding hydrogens is 580 g/mol. The molecule has 0 bridgehead atoms. The zero-order valence-corrected chi connectivity index (χ0v) is 24.9. The molecule has 3 amide bonds. The number of carboxylic acids is 1. The summed E-state index contributed by atoms with van der Waals surface area (Å²) in [5.41, 5.74) is 3.65. The highest BCUT2D eigenvalue weighted by Crippen LogP contribution is 2.39. The number of rotatable bonds is 9. The fraction of sp³-hybridized carbons (Fsp3) is 0.206. The van der Waals surface area contributed by atoms with Crippen molar-refractivity contribution in [2.75, 3.05) is 4.90 Å². The van der Waals surface area contributed by atoms with Crippen LogP contribution in [-0.4, -0.2) is 50.8 Å². The molecule has 3 atom stereocenters. The lowest BCUT2D eigenvalue weighted by Gasteiger charge is -2.31. The van der Waals surface area contributed by atoms with Gasteiger partial charge < -0.3 is 15.3 Å². The fourth-order valence-electron chi connectivity index (χ4n) is 5.60. The minimum atomic E-state index is -1.22. The van der Waals surface area contributed by atoms with Crippen LogP contribution in [0.25, 0.3) is 0 Å². The SMILES string of the molecule is CC(=O)N1[C@H](Cc2cccnc2)C(=O)N(c2ccc(C[C@H](NC(=O)c3c(C)cccc3Cl)C(=O)O)cc2)[C@@H]1c1ccccc1. The summed E-state index contributed by atoms with van der Waals surface area (Å²) in [5, 5.41) is 12.7. The summed E-state index contributed by atoms with van der Waals surface area (Å²) in [6.45, 7) is 3.18. The van der Waals surface area contributed by atoms with Gasteiger partial charge in [-0.3, -0.25) is 24.3 Å². The topological polar surface area (TPSA) is 120 Å². The number of carbonyl (C=O) groups excluding carboxylic acids is 3. The summed E-state index contributed by atoms with van der Waals surface area (Å²) in [7, 11) is 0. The van der Waals surface area contributed by atoms with Crippen LogP contribution < -0.4 is 10.2 Å². The van der Waals surface area contributed by atoms with E-state index in [4.69, 9.17) is 11.6 Å². The number of halogens is 1. The summed E-state index contributed by atoms with van der Waals surface area (Å²) in [6.07, 6.45) is 2.96. The predicted molar refractivity (Wildman–Crippen MR) is 166 cm³/mol. The molecule has 1 aliphatic heterocycles. The largest absolute Gasteiger partial charge is 0.480 e. The third kappa shape index (κ3) is 6.33. The number of hydrogen-bond acceptors (Lipinski definition) is 5. The number of benzene rings is 3. The van der Waals surface area contributed by atoms with E-state index in [1.54, 1.807) is 77.6 Å². The molecule has 0 spiro atoms. The van der Waals surface area contributed by atoms with E-state index in [1.165, 1.54) is 6.92 Å². The predicted octanol–water partition coefficient (Wildman–Crippen LogP) is 4.97. The van der Waals surface area contributed by atoms with Crippen molar-refractivity contribution in [3.8, 4) is 0 Å². The molecule has 2 N–H and O–H groups in total. The van der Waals surface area contributed by atoms with Gasteiger partial charge in [0, 0.05) is 37.8 Å². The second-order valence-corrected chi connectivity index (χ2v) is 11.1. The normalized spacial score (nSPS) is 16.9. The Hall–Kier alpha value is -5.02. The number of hydrogen-bond donors (Lipinski definition) is 2. The Balaban J connectivity index is 1.43. The van der Waals surface area contributed by atoms with Crippen LogP contribution in [0.3, 0.4) is 0 Å². The Kier molecular flexibility index (Phi) is 9.06. The second-order valence-electron chi connectivity index (χ2n) is 10.7. The Bertz CT molecular complexity index is 1660. The Morgan fingerprint density at radius 3 is 2.30 bits per heavy atom. The van der Waals surface area contributed by atoms with Crippen LogP contribution in [0.2, 0.25) is 5.02 Å². The van der Waals surface area contributed by atoms with Gasteiger partial charge in [-0.1, -0.05) is 72.3 Å². The fourth-order valence-corrected chi connectivity index (χ4v) is 5.90. The number of carboxylic acid groups (broad SMARTS) is 1. The first-order valence-electron chi connectivity index (χ1n) is 14.1. The maximum absolute atomic E-state index is 14.0. The van der Waals surface area contributed by atoms with Crippen molar-refractivity contribution in [3.05, 3.63) is 130 Å². The highest BCUT2D eigenvalue weighted by Gasteiger charge is 2.48. The van der Waals surface area contributed by atoms with Crippen LogP contribution in [0.5, 0.6) is 0 Å². The first-order chi connectivity index (χ1) is 21.2. The first-order valence-corrected chi connectivity index (χ1v) is 14.5. The molecule has 10 heteroatoms. The molecule has 224 valence electrons. The van der Waals surface area contributed by atoms with Crippen LogP contribution in [0.4, 0.5) is 5.69 Å². The van der Waals surface area contributed by atoms with Gasteiger partial charge >= 0.3 is 5.97 Å². The molecule has 2 heterocycles. The number of amides is 3. The van der Waals surface area contributed by atoms with E-state index in [1.807, 2.05) is 36.4 Å². The molecule has 4 aromatic rings. The lowest BCUT2D eigenvalue weighted by Crippen LogP contribution is -2.42. The lowest BCUT2D eigenvalue weighted by molar-refractivity contribution is -0.139. The molecule has 1 fully saturated rings. The number of anilines is 1. The van der Waals surface area contributed by atoms with Gasteiger partial charge in [0.15, 0.2) is 0 Å². The minimum absolute atomic E-state index is 0.00408. The van der Waals surface area contributed by atoms with Crippen LogP contribution in [0.1, 0.15) is 45.7 Å². The number of aromatic nitrogens is 1. The summed E-state index contributed by atoms with van der Waals surface area (Å²) in [6, 6.07) is 23.0. The molecule has 44 heavy (non-hydrogen) atoms. The van der Waals surface area contributed by atoms with Crippen LogP contribution >= 0.6 is 11.6 Å². The first kappa shape index (κ1) is 30.4. The Morgan fingerprint density at radius 1 is 0.955 bits per heavy atom. The molecule has 1 aromatic heterocycles. The van der Waals surface area contributed by atoms with Crippen molar-refractivity contribution in [1.29, 1.82) is 0 Å². The Labute approximate surface area is 260 Å². The standard InChI is InChI=1S/C34H31ClN4O5/c1-21-8-6-12-27(35)30(21)31(41)37-28(34(43)44)18-23-13-15-26(16-14-23)39-32(25-10-4-3-5-11-25)38(22(2)40)29(33(39)42)19-24-9-7-17-36-20-24/h3-17,20,28-29,32H,18-19H2,1-2H3,(H,37,41)(H,43,44)/t28-,29+,32+/m0/s1. The smallest absolute Gasteiger partial charge is 0.326 e. The van der Waals surface area contributed by atoms with Gasteiger partial charge in [0.25, 0.3) is 11.8 Å². The summed E-state index contributed by atoms with van der Waals surface area (Å²) in [5.74, 6) is -2.25. The van der Waals surface area contributed by atoms with E-state index in [-0.39, 0.29) is 28.8 Å². The zero-order valence-electron chi connectivity index (χ0n) is 24.2. The van der Waals surface area contributed by atoms with E-state index < -0.39 is 30.1 Å². The monoisotopic (exact) mass is 610 g/mol. The van der Waals surface area contributed by atoms with Crippen molar-refractivity contribution in [2.24, 2.45) is 0 Å². The molecule has 1 aliphatic rings. The highest BCUT2D eigenvalue weighted by atomic mass is 35.5. The van der Waals surface area contributed by atoms with E-state index in [9.17, 15) is 24.3 Å². The van der Waals surface area contributed by atoms with Gasteiger partial charge in [0.05, 0.1) is 10.6 Å². The average molecular weight is 611 g/mol. The molecule has 0 aliphatic carbocycles. The van der Waals surface area contributed by atoms with Gasteiger partial charge in [0.1, 0.15) is 18.2 Å². The summed E-state index contributed by atoms with van der Waals surface area (Å²) in [4.78, 5) is 59.5. The average Bonchev–Trinajstić information content (AvgIpc) is 3.29. The summed E-state index contributed by atoms with van der Waals surface area (Å²) < 4.78 is 0. The quantitative estimate of drug-likeness (QED) is 0.276. The third-order valence-electron chi connectivity index (χ3n) is 7.69. The van der Waals surface area contributed by atoms with Crippen LogP contribution in [0, 0.1) is 6.92 Å². The Morgan fingerprint density at radius 2 is 1.68 bits per heavy atom. The third-order valence-corrected chi connectivity index (χ3v) is 8.00. The lowest BCUT2D eigenvalue weighted by atomic mass is 10.0. The molecule has 0 unspecified atom stereocenters. The van der Waals surface area contributed by atoms with Crippen molar-refractivity contribution >= 4 is 41.0 Å². The van der Waals surface area contributed by atoms with Gasteiger partial charge in [-0.05, 0) is 53.4 Å². The maximum Gasteiger partial charge on any atom is 0.326 e. The highest BCUT2D eigenvalue weighted by molar-refractivity contribution is 6.34. The molecule has 3 aromatic carbocycles. The molecule has 0 saturated carbocycles. The number of nitrogens with one attached hydrogen (secondary N) is 1. The van der Waals surface area contributed by atoms with Gasteiger partial charge in [0.2, 0.25) is 5.91 Å². The van der Waals surface area contributed by atoms with Crippen molar-refractivity contribution in [2.45, 2.75) is 44.9 Å². The number of aryl methyl sites for hydroxylation is 1. The van der Waals surface area contributed by atoms with Crippen molar-refractivity contribution < 1.29 is 24.3 Å². The zero-order chi connectivity index (χ0) is 31.4. The maximum atomic E-state index is 14.0. The van der Waals surface area contributed by atoms with E-state index >= 15 is 0 Å². The van der Waals surface area contributed by atoms with Crippen molar-refractivity contribution in [3.63, 3.8) is 0 Å². The minimum Gasteiger partial charge on any atom is -0.480 e. The molecule has 0 radical (unpaired) electrons. The van der Waals surface area contributed by atoms with Crippen molar-refractivity contribution in [1.82, 2.24) is 15.2 Å². The van der Waals surface area contributed by atoms with E-state index in [0.29, 0.717) is 23.2 Å². The molecule has 1 saturated heterocycles. The number of aliphatic carboxylic acids is 1. The second kappa shape index (κ2) is 13.1. The van der Waals surface area contributed by atoms with E-state index in [2.05, 4.69) is 10.3 Å². The van der Waals surface area contributed by atoms with Crippen LogP contribution in [0.15, 0.2) is 97.3 Å². The molecular formula is C34H31ClN4O5. The number of carbonyl (C=O) groups is 4. The molecule has 5 rings (SSSR count). The van der Waals surface area contributed by atoms with Crippen LogP contribution in [-0.2, 0) is 27.2 Å². The van der Waals surface area contributed by atoms with E-state index in [0.717, 1.165) is 11.1 Å². The van der Waals surface area contributed by atoms with Gasteiger partial charge in [-0.25, -0.2) is 4.79 Å². The molecule has 9 nitrogen and oxygen atoms in total. The van der Waals surface area contributed by atoms with Gasteiger partial charge in [-0.2, -0.15) is 0 Å².